The molecule has 3 heteroatoms. The van der Waals surface area contributed by atoms with Gasteiger partial charge in [-0.1, -0.05) is 30.1 Å². The maximum Gasteiger partial charge on any atom is 0.0439 e. The van der Waals surface area contributed by atoms with Crippen LogP contribution in [0.2, 0.25) is 10.0 Å². The molecule has 0 radical (unpaired) electrons. The highest BCUT2D eigenvalue weighted by molar-refractivity contribution is 6.33. The van der Waals surface area contributed by atoms with E-state index >= 15 is 0 Å². The lowest BCUT2D eigenvalue weighted by atomic mass is 9.96. The Morgan fingerprint density at radius 1 is 1.31 bits per heavy atom. The van der Waals surface area contributed by atoms with Gasteiger partial charge in [0.1, 0.15) is 0 Å². The topological polar surface area (TPSA) is 12.0 Å². The number of hydrogen-bond acceptors (Lipinski definition) is 1. The molecule has 1 N–H and O–H groups in total. The van der Waals surface area contributed by atoms with Crippen LogP contribution in [-0.4, -0.2) is 13.1 Å². The number of nitrogens with one attached hydrogen (secondary N) is 1. The van der Waals surface area contributed by atoms with Crippen LogP contribution in [0.3, 0.4) is 0 Å². The molecule has 0 saturated heterocycles. The van der Waals surface area contributed by atoms with E-state index in [1.807, 2.05) is 18.2 Å². The Kier molecular flexibility index (Phi) is 3.78. The van der Waals surface area contributed by atoms with Crippen LogP contribution in [0, 0.1) is 5.41 Å². The van der Waals surface area contributed by atoms with Crippen LogP contribution in [0.15, 0.2) is 18.2 Å². The van der Waals surface area contributed by atoms with Crippen molar-refractivity contribution in [1.29, 1.82) is 0 Å². The van der Waals surface area contributed by atoms with Crippen LogP contribution >= 0.6 is 23.2 Å². The lowest BCUT2D eigenvalue weighted by Gasteiger charge is -2.16. The second-order valence-corrected chi connectivity index (χ2v) is 5.54. The summed E-state index contributed by atoms with van der Waals surface area (Å²) in [6.45, 7) is 4.26. The summed E-state index contributed by atoms with van der Waals surface area (Å²) in [6.07, 6.45) is 3.63. The highest BCUT2D eigenvalue weighted by Gasteiger charge is 2.42. The fourth-order valence-electron chi connectivity index (χ4n) is 2.07. The standard InChI is InChI=1S/C13H17Cl2N/c1-2-16-9-13(5-6-13)8-10-7-11(14)3-4-12(10)15/h3-4,7,16H,2,5-6,8-9H2,1H3. The predicted octanol–water partition coefficient (Wildman–Crippen LogP) is 3.93. The molecule has 0 aromatic heterocycles. The second-order valence-electron chi connectivity index (χ2n) is 4.69. The summed E-state index contributed by atoms with van der Waals surface area (Å²) in [4.78, 5) is 0. The molecule has 1 nitrogen and oxygen atoms in total. The van der Waals surface area contributed by atoms with E-state index in [0.29, 0.717) is 5.41 Å². The number of benzene rings is 1. The molecule has 0 bridgehead atoms. The summed E-state index contributed by atoms with van der Waals surface area (Å²) in [7, 11) is 0. The van der Waals surface area contributed by atoms with Gasteiger partial charge in [0.25, 0.3) is 0 Å². The van der Waals surface area contributed by atoms with Gasteiger partial charge in [0.15, 0.2) is 0 Å². The lowest BCUT2D eigenvalue weighted by molar-refractivity contribution is 0.463. The van der Waals surface area contributed by atoms with E-state index < -0.39 is 0 Å². The van der Waals surface area contributed by atoms with Crippen LogP contribution in [-0.2, 0) is 6.42 Å². The number of rotatable bonds is 5. The molecule has 0 unspecified atom stereocenters. The highest BCUT2D eigenvalue weighted by atomic mass is 35.5. The minimum absolute atomic E-state index is 0.435. The van der Waals surface area contributed by atoms with Gasteiger partial charge in [-0.2, -0.15) is 0 Å². The minimum atomic E-state index is 0.435. The normalized spacial score (nSPS) is 17.4. The molecule has 1 aromatic carbocycles. The molecule has 1 aromatic rings. The van der Waals surface area contributed by atoms with Crippen molar-refractivity contribution in [3.8, 4) is 0 Å². The van der Waals surface area contributed by atoms with Crippen molar-refractivity contribution >= 4 is 23.2 Å². The largest absolute Gasteiger partial charge is 0.316 e. The van der Waals surface area contributed by atoms with E-state index in [0.717, 1.165) is 29.6 Å². The Morgan fingerprint density at radius 2 is 2.06 bits per heavy atom. The van der Waals surface area contributed by atoms with Crippen molar-refractivity contribution < 1.29 is 0 Å². The molecule has 1 aliphatic carbocycles. The third kappa shape index (κ3) is 2.91. The minimum Gasteiger partial charge on any atom is -0.316 e. The Hall–Kier alpha value is -0.240. The van der Waals surface area contributed by atoms with Crippen LogP contribution in [0.1, 0.15) is 25.3 Å². The first kappa shape index (κ1) is 12.2. The van der Waals surface area contributed by atoms with Crippen LogP contribution in [0.4, 0.5) is 0 Å². The molecule has 1 aliphatic rings. The van der Waals surface area contributed by atoms with Gasteiger partial charge < -0.3 is 5.32 Å². The van der Waals surface area contributed by atoms with Gasteiger partial charge in [0, 0.05) is 16.6 Å². The van der Waals surface area contributed by atoms with E-state index in [-0.39, 0.29) is 0 Å². The van der Waals surface area contributed by atoms with Crippen LogP contribution < -0.4 is 5.32 Å². The van der Waals surface area contributed by atoms with Gasteiger partial charge in [-0.15, -0.1) is 0 Å². The zero-order valence-corrected chi connectivity index (χ0v) is 11.0. The molecular formula is C13H17Cl2N. The van der Waals surface area contributed by atoms with E-state index in [9.17, 15) is 0 Å². The molecule has 0 amide bonds. The Morgan fingerprint density at radius 3 is 2.69 bits per heavy atom. The molecule has 0 aliphatic heterocycles. The van der Waals surface area contributed by atoms with Crippen LogP contribution in [0.25, 0.3) is 0 Å². The monoisotopic (exact) mass is 257 g/mol. The smallest absolute Gasteiger partial charge is 0.0439 e. The van der Waals surface area contributed by atoms with Crippen LogP contribution in [0.5, 0.6) is 0 Å². The fraction of sp³-hybridized carbons (Fsp3) is 0.538. The summed E-state index contributed by atoms with van der Waals surface area (Å²) < 4.78 is 0. The SMILES string of the molecule is CCNCC1(Cc2cc(Cl)ccc2Cl)CC1. The molecule has 1 fully saturated rings. The van der Waals surface area contributed by atoms with Crippen molar-refractivity contribution in [3.05, 3.63) is 33.8 Å². The maximum absolute atomic E-state index is 6.19. The Balaban J connectivity index is 2.05. The molecule has 1 saturated carbocycles. The zero-order valence-electron chi connectivity index (χ0n) is 9.52. The predicted molar refractivity (Wildman–Crippen MR) is 70.4 cm³/mol. The van der Waals surface area contributed by atoms with Gasteiger partial charge in [-0.25, -0.2) is 0 Å². The molecule has 88 valence electrons. The second kappa shape index (κ2) is 4.95. The van der Waals surface area contributed by atoms with Gasteiger partial charge in [0.05, 0.1) is 0 Å². The lowest BCUT2D eigenvalue weighted by Crippen LogP contribution is -2.25. The van der Waals surface area contributed by atoms with Crippen molar-refractivity contribution in [3.63, 3.8) is 0 Å². The van der Waals surface area contributed by atoms with Crippen molar-refractivity contribution in [1.82, 2.24) is 5.32 Å². The molecule has 2 rings (SSSR count). The highest BCUT2D eigenvalue weighted by Crippen LogP contribution is 2.48. The van der Waals surface area contributed by atoms with Gasteiger partial charge in [-0.05, 0) is 55.0 Å². The maximum atomic E-state index is 6.19. The summed E-state index contributed by atoms with van der Waals surface area (Å²) >= 11 is 12.2. The summed E-state index contributed by atoms with van der Waals surface area (Å²) in [5.41, 5.74) is 1.62. The third-order valence-electron chi connectivity index (χ3n) is 3.28. The molecular weight excluding hydrogens is 241 g/mol. The quantitative estimate of drug-likeness (QED) is 0.843. The summed E-state index contributed by atoms with van der Waals surface area (Å²) in [5, 5.41) is 5.05. The summed E-state index contributed by atoms with van der Waals surface area (Å²) in [6, 6.07) is 5.73. The van der Waals surface area contributed by atoms with Crippen molar-refractivity contribution in [2.45, 2.75) is 26.2 Å². The van der Waals surface area contributed by atoms with E-state index in [2.05, 4.69) is 12.2 Å². The molecule has 0 spiro atoms. The first-order valence-corrected chi connectivity index (χ1v) is 6.55. The van der Waals surface area contributed by atoms with E-state index in [4.69, 9.17) is 23.2 Å². The molecule has 16 heavy (non-hydrogen) atoms. The number of hydrogen-bond donors (Lipinski definition) is 1. The first-order chi connectivity index (χ1) is 7.65. The molecule has 0 atom stereocenters. The Labute approximate surface area is 107 Å². The average molecular weight is 258 g/mol. The zero-order chi connectivity index (χ0) is 11.6. The van der Waals surface area contributed by atoms with Gasteiger partial charge in [0.2, 0.25) is 0 Å². The van der Waals surface area contributed by atoms with Crippen molar-refractivity contribution in [2.75, 3.05) is 13.1 Å². The average Bonchev–Trinajstić information content (AvgIpc) is 3.01. The van der Waals surface area contributed by atoms with E-state index in [1.54, 1.807) is 0 Å². The van der Waals surface area contributed by atoms with Gasteiger partial charge in [-0.3, -0.25) is 0 Å². The number of halogens is 2. The fourth-order valence-corrected chi connectivity index (χ4v) is 2.44. The van der Waals surface area contributed by atoms with E-state index in [1.165, 1.54) is 18.4 Å². The first-order valence-electron chi connectivity index (χ1n) is 5.80. The van der Waals surface area contributed by atoms with Crippen molar-refractivity contribution in [2.24, 2.45) is 5.41 Å². The van der Waals surface area contributed by atoms with Gasteiger partial charge >= 0.3 is 0 Å². The Bertz CT molecular complexity index is 372. The third-order valence-corrected chi connectivity index (χ3v) is 3.88. The molecule has 0 heterocycles. The summed E-state index contributed by atoms with van der Waals surface area (Å²) in [5.74, 6) is 0.